The Morgan fingerprint density at radius 3 is 2.73 bits per heavy atom. The van der Waals surface area contributed by atoms with Crippen LogP contribution >= 0.6 is 0 Å². The van der Waals surface area contributed by atoms with E-state index in [2.05, 4.69) is 9.84 Å². The van der Waals surface area contributed by atoms with Crippen molar-refractivity contribution >= 4 is 11.8 Å². The summed E-state index contributed by atoms with van der Waals surface area (Å²) < 4.78 is 6.09. The van der Waals surface area contributed by atoms with Crippen LogP contribution in [0.4, 0.5) is 0 Å². The summed E-state index contributed by atoms with van der Waals surface area (Å²) in [4.78, 5) is 22.2. The number of Topliss-reactive ketones (excluding diaryl/α,β-unsaturated/α-hetero) is 1. The average Bonchev–Trinajstić information content (AvgIpc) is 2.60. The maximum absolute atomic E-state index is 11.4. The first-order valence-electron chi connectivity index (χ1n) is 4.68. The van der Waals surface area contributed by atoms with Crippen molar-refractivity contribution in [2.45, 2.75) is 19.3 Å². The van der Waals surface area contributed by atoms with Crippen molar-refractivity contribution in [2.75, 3.05) is 7.11 Å². The smallest absolute Gasteiger partial charge is 0.305 e. The molecule has 0 radical (unpaired) electrons. The Hall–Kier alpha value is -1.65. The molecule has 0 saturated carbocycles. The topological polar surface area (TPSA) is 61.2 Å². The molecule has 1 heterocycles. The molecule has 0 bridgehead atoms. The van der Waals surface area contributed by atoms with Crippen LogP contribution in [0.25, 0.3) is 0 Å². The summed E-state index contributed by atoms with van der Waals surface area (Å²) in [6, 6.07) is 0. The lowest BCUT2D eigenvalue weighted by molar-refractivity contribution is -0.141. The van der Waals surface area contributed by atoms with E-state index in [4.69, 9.17) is 0 Å². The fourth-order valence-corrected chi connectivity index (χ4v) is 1.22. The van der Waals surface area contributed by atoms with Gasteiger partial charge in [0.05, 0.1) is 19.7 Å². The van der Waals surface area contributed by atoms with E-state index in [-0.39, 0.29) is 24.6 Å². The van der Waals surface area contributed by atoms with E-state index in [1.54, 1.807) is 24.1 Å². The summed E-state index contributed by atoms with van der Waals surface area (Å²) in [5.41, 5.74) is 0.868. The van der Waals surface area contributed by atoms with Gasteiger partial charge in [0, 0.05) is 26.1 Å². The quantitative estimate of drug-likeness (QED) is 0.663. The van der Waals surface area contributed by atoms with Crippen LogP contribution in [0.3, 0.4) is 0 Å². The van der Waals surface area contributed by atoms with Gasteiger partial charge in [0.25, 0.3) is 0 Å². The van der Waals surface area contributed by atoms with E-state index >= 15 is 0 Å². The highest BCUT2D eigenvalue weighted by atomic mass is 16.5. The Labute approximate surface area is 88.0 Å². The lowest BCUT2D eigenvalue weighted by Crippen LogP contribution is -2.07. The molecule has 0 aliphatic rings. The molecule has 0 amide bonds. The molecule has 0 aromatic carbocycles. The number of hydrogen-bond donors (Lipinski definition) is 0. The minimum absolute atomic E-state index is 0.0217. The molecular formula is C10H14N2O3. The third-order valence-corrected chi connectivity index (χ3v) is 2.00. The first-order chi connectivity index (χ1) is 7.11. The van der Waals surface area contributed by atoms with E-state index in [0.29, 0.717) is 6.42 Å². The zero-order valence-electron chi connectivity index (χ0n) is 8.90. The van der Waals surface area contributed by atoms with Gasteiger partial charge < -0.3 is 4.74 Å². The summed E-state index contributed by atoms with van der Waals surface area (Å²) in [6.45, 7) is 0. The molecule has 1 rings (SSSR count). The largest absolute Gasteiger partial charge is 0.469 e. The molecule has 0 atom stereocenters. The van der Waals surface area contributed by atoms with Gasteiger partial charge in [-0.1, -0.05) is 0 Å². The normalized spacial score (nSPS) is 10.0. The monoisotopic (exact) mass is 210 g/mol. The molecule has 5 heteroatoms. The van der Waals surface area contributed by atoms with Crippen LogP contribution in [0.15, 0.2) is 12.4 Å². The maximum atomic E-state index is 11.4. The minimum Gasteiger partial charge on any atom is -0.469 e. The third-order valence-electron chi connectivity index (χ3n) is 2.00. The first kappa shape index (κ1) is 11.4. The molecule has 5 nitrogen and oxygen atoms in total. The number of hydrogen-bond acceptors (Lipinski definition) is 4. The second-order valence-electron chi connectivity index (χ2n) is 3.31. The van der Waals surface area contributed by atoms with Crippen LogP contribution in [0.1, 0.15) is 18.4 Å². The van der Waals surface area contributed by atoms with Gasteiger partial charge in [-0.05, 0) is 5.56 Å². The molecule has 82 valence electrons. The Morgan fingerprint density at radius 2 is 2.20 bits per heavy atom. The lowest BCUT2D eigenvalue weighted by atomic mass is 10.1. The Kier molecular flexibility index (Phi) is 4.03. The number of esters is 1. The molecule has 0 fully saturated rings. The van der Waals surface area contributed by atoms with Crippen molar-refractivity contribution < 1.29 is 14.3 Å². The van der Waals surface area contributed by atoms with Gasteiger partial charge in [-0.3, -0.25) is 14.3 Å². The van der Waals surface area contributed by atoms with Gasteiger partial charge in [0.2, 0.25) is 0 Å². The molecule has 0 aliphatic heterocycles. The third kappa shape index (κ3) is 3.93. The highest BCUT2D eigenvalue weighted by molar-refractivity contribution is 5.84. The SMILES string of the molecule is COC(=O)CCC(=O)Cc1cnn(C)c1. The van der Waals surface area contributed by atoms with Gasteiger partial charge in [-0.25, -0.2) is 0 Å². The van der Waals surface area contributed by atoms with Crippen LogP contribution in [0, 0.1) is 0 Å². The van der Waals surface area contributed by atoms with Crippen molar-refractivity contribution in [1.82, 2.24) is 9.78 Å². The van der Waals surface area contributed by atoms with E-state index in [1.807, 2.05) is 0 Å². The molecule has 0 N–H and O–H groups in total. The molecular weight excluding hydrogens is 196 g/mol. The summed E-state index contributed by atoms with van der Waals surface area (Å²) in [6.07, 6.45) is 4.13. The molecule has 0 aliphatic carbocycles. The standard InChI is InChI=1S/C10H14N2O3/c1-12-7-8(6-11-12)5-9(13)3-4-10(14)15-2/h6-7H,3-5H2,1-2H3. The van der Waals surface area contributed by atoms with Gasteiger partial charge in [0.1, 0.15) is 5.78 Å². The van der Waals surface area contributed by atoms with Crippen molar-refractivity contribution in [3.8, 4) is 0 Å². The number of ether oxygens (including phenoxy) is 1. The summed E-state index contributed by atoms with van der Waals surface area (Å²) in [7, 11) is 3.11. The maximum Gasteiger partial charge on any atom is 0.305 e. The number of nitrogens with zero attached hydrogens (tertiary/aromatic N) is 2. The summed E-state index contributed by atoms with van der Waals surface area (Å²) in [5.74, 6) is -0.331. The van der Waals surface area contributed by atoms with Crippen molar-refractivity contribution in [2.24, 2.45) is 7.05 Å². The highest BCUT2D eigenvalue weighted by Gasteiger charge is 2.08. The van der Waals surface area contributed by atoms with Crippen molar-refractivity contribution in [3.63, 3.8) is 0 Å². The second kappa shape index (κ2) is 5.29. The number of methoxy groups -OCH3 is 1. The lowest BCUT2D eigenvalue weighted by Gasteiger charge is -1.98. The zero-order valence-corrected chi connectivity index (χ0v) is 8.90. The molecule has 0 saturated heterocycles. The molecule has 0 spiro atoms. The van der Waals surface area contributed by atoms with Crippen LogP contribution in [0.5, 0.6) is 0 Å². The Morgan fingerprint density at radius 1 is 1.47 bits per heavy atom. The van der Waals surface area contributed by atoms with Gasteiger partial charge in [-0.15, -0.1) is 0 Å². The van der Waals surface area contributed by atoms with E-state index in [1.165, 1.54) is 7.11 Å². The number of ketones is 1. The minimum atomic E-state index is -0.352. The van der Waals surface area contributed by atoms with Crippen LogP contribution in [-0.4, -0.2) is 28.6 Å². The molecule has 0 unspecified atom stereocenters. The van der Waals surface area contributed by atoms with E-state index < -0.39 is 0 Å². The predicted molar refractivity (Wildman–Crippen MR) is 53.2 cm³/mol. The number of aromatic nitrogens is 2. The average molecular weight is 210 g/mol. The zero-order chi connectivity index (χ0) is 11.3. The molecule has 15 heavy (non-hydrogen) atoms. The fraction of sp³-hybridized carbons (Fsp3) is 0.500. The van der Waals surface area contributed by atoms with Gasteiger partial charge >= 0.3 is 5.97 Å². The summed E-state index contributed by atoms with van der Waals surface area (Å²) >= 11 is 0. The number of carbonyl (C=O) groups is 2. The number of carbonyl (C=O) groups excluding carboxylic acids is 2. The second-order valence-corrected chi connectivity index (χ2v) is 3.31. The number of aryl methyl sites for hydroxylation is 1. The van der Waals surface area contributed by atoms with Crippen molar-refractivity contribution in [1.29, 1.82) is 0 Å². The summed E-state index contributed by atoms with van der Waals surface area (Å²) in [5, 5.41) is 3.95. The molecule has 1 aromatic rings. The van der Waals surface area contributed by atoms with Crippen LogP contribution < -0.4 is 0 Å². The van der Waals surface area contributed by atoms with E-state index in [9.17, 15) is 9.59 Å². The van der Waals surface area contributed by atoms with Crippen LogP contribution in [-0.2, 0) is 27.8 Å². The van der Waals surface area contributed by atoms with Crippen LogP contribution in [0.2, 0.25) is 0 Å². The van der Waals surface area contributed by atoms with Gasteiger partial charge in [-0.2, -0.15) is 5.10 Å². The van der Waals surface area contributed by atoms with Gasteiger partial charge in [0.15, 0.2) is 0 Å². The first-order valence-corrected chi connectivity index (χ1v) is 4.68. The van der Waals surface area contributed by atoms with E-state index in [0.717, 1.165) is 5.56 Å². The Bertz CT molecular complexity index is 357. The molecule has 1 aromatic heterocycles. The fourth-order valence-electron chi connectivity index (χ4n) is 1.22. The van der Waals surface area contributed by atoms with Crippen molar-refractivity contribution in [3.05, 3.63) is 18.0 Å². The number of rotatable bonds is 5. The highest BCUT2D eigenvalue weighted by Crippen LogP contribution is 2.02. The Balaban J connectivity index is 2.33. The predicted octanol–water partition coefficient (Wildman–Crippen LogP) is 0.485.